The van der Waals surface area contributed by atoms with Gasteiger partial charge in [0.05, 0.1) is 17.4 Å². The van der Waals surface area contributed by atoms with Crippen molar-refractivity contribution >= 4 is 11.6 Å². The number of primary amides is 1. The first-order valence-electron chi connectivity index (χ1n) is 6.36. The number of hydrogen-bond acceptors (Lipinski definition) is 4. The summed E-state index contributed by atoms with van der Waals surface area (Å²) in [6, 6.07) is 11.4. The number of nitrogens with zero attached hydrogens (tertiary/aromatic N) is 1. The van der Waals surface area contributed by atoms with E-state index >= 15 is 0 Å². The zero-order valence-electron chi connectivity index (χ0n) is 11.0. The molecule has 0 fully saturated rings. The average molecular weight is 271 g/mol. The lowest BCUT2D eigenvalue weighted by atomic mass is 10.1. The Morgan fingerprint density at radius 1 is 1.30 bits per heavy atom. The van der Waals surface area contributed by atoms with Crippen LogP contribution in [0.2, 0.25) is 0 Å². The van der Waals surface area contributed by atoms with E-state index in [0.29, 0.717) is 24.2 Å². The lowest BCUT2D eigenvalue weighted by Gasteiger charge is -2.14. The molecular weight excluding hydrogens is 254 g/mol. The first-order chi connectivity index (χ1) is 9.66. The van der Waals surface area contributed by atoms with Crippen LogP contribution in [0.5, 0.6) is 0 Å². The van der Waals surface area contributed by atoms with Crippen molar-refractivity contribution in [3.05, 3.63) is 59.9 Å². The molecule has 104 valence electrons. The fourth-order valence-corrected chi connectivity index (χ4v) is 1.93. The highest BCUT2D eigenvalue weighted by Gasteiger charge is 2.10. The molecule has 1 amide bonds. The highest BCUT2D eigenvalue weighted by molar-refractivity contribution is 5.98. The minimum absolute atomic E-state index is 0.319. The maximum absolute atomic E-state index is 11.2. The number of nitrogens with one attached hydrogen (secondary N) is 1. The number of carbonyl (C=O) groups excluding carboxylic acids is 1. The van der Waals surface area contributed by atoms with Gasteiger partial charge in [-0.3, -0.25) is 9.78 Å². The molecule has 0 spiro atoms. The van der Waals surface area contributed by atoms with Crippen molar-refractivity contribution < 1.29 is 9.90 Å². The molecule has 20 heavy (non-hydrogen) atoms. The van der Waals surface area contributed by atoms with E-state index in [9.17, 15) is 9.90 Å². The van der Waals surface area contributed by atoms with Crippen molar-refractivity contribution in [3.63, 3.8) is 0 Å². The van der Waals surface area contributed by atoms with Gasteiger partial charge < -0.3 is 16.2 Å². The molecular formula is C15H17N3O2. The minimum atomic E-state index is -0.550. The molecule has 2 rings (SSSR count). The summed E-state index contributed by atoms with van der Waals surface area (Å²) in [5.41, 5.74) is 7.23. The summed E-state index contributed by atoms with van der Waals surface area (Å²) < 4.78 is 0. The number of amides is 1. The van der Waals surface area contributed by atoms with Crippen LogP contribution in [-0.4, -0.2) is 28.6 Å². The third-order valence-corrected chi connectivity index (χ3v) is 2.93. The number of benzene rings is 1. The van der Waals surface area contributed by atoms with E-state index in [-0.39, 0.29) is 0 Å². The van der Waals surface area contributed by atoms with Gasteiger partial charge in [-0.2, -0.15) is 0 Å². The van der Waals surface area contributed by atoms with E-state index in [1.54, 1.807) is 12.3 Å². The van der Waals surface area contributed by atoms with Crippen LogP contribution in [0.3, 0.4) is 0 Å². The van der Waals surface area contributed by atoms with E-state index in [4.69, 9.17) is 5.73 Å². The maximum Gasteiger partial charge on any atom is 0.252 e. The summed E-state index contributed by atoms with van der Waals surface area (Å²) in [5, 5.41) is 13.0. The van der Waals surface area contributed by atoms with E-state index in [1.807, 2.05) is 30.3 Å². The number of hydrogen-bond donors (Lipinski definition) is 3. The highest BCUT2D eigenvalue weighted by atomic mass is 16.3. The number of anilines is 1. The van der Waals surface area contributed by atoms with Crippen LogP contribution in [0.4, 0.5) is 5.69 Å². The van der Waals surface area contributed by atoms with Gasteiger partial charge in [0.2, 0.25) is 0 Å². The van der Waals surface area contributed by atoms with Gasteiger partial charge in [0, 0.05) is 25.4 Å². The lowest BCUT2D eigenvalue weighted by Crippen LogP contribution is -2.23. The van der Waals surface area contributed by atoms with Crippen molar-refractivity contribution in [2.75, 3.05) is 11.9 Å². The number of nitrogens with two attached hydrogens (primary N) is 1. The zero-order valence-corrected chi connectivity index (χ0v) is 11.0. The van der Waals surface area contributed by atoms with Gasteiger partial charge in [0.15, 0.2) is 0 Å². The van der Waals surface area contributed by atoms with Crippen LogP contribution >= 0.6 is 0 Å². The summed E-state index contributed by atoms with van der Waals surface area (Å²) in [6.45, 7) is 0.333. The Morgan fingerprint density at radius 3 is 2.75 bits per heavy atom. The number of aliphatic hydroxyl groups is 1. The summed E-state index contributed by atoms with van der Waals surface area (Å²) in [6.07, 6.45) is 2.98. The molecule has 1 aromatic carbocycles. The number of pyridine rings is 1. The number of aromatic nitrogens is 1. The van der Waals surface area contributed by atoms with Crippen LogP contribution in [0.25, 0.3) is 0 Å². The molecule has 1 unspecified atom stereocenters. The average Bonchev–Trinajstić information content (AvgIpc) is 2.46. The number of rotatable bonds is 6. The second-order valence-electron chi connectivity index (χ2n) is 4.51. The smallest absolute Gasteiger partial charge is 0.252 e. The Hall–Kier alpha value is -2.40. The molecule has 2 aromatic rings. The Balaban J connectivity index is 1.94. The zero-order chi connectivity index (χ0) is 14.4. The largest absolute Gasteiger partial charge is 0.391 e. The van der Waals surface area contributed by atoms with Gasteiger partial charge in [-0.25, -0.2) is 0 Å². The van der Waals surface area contributed by atoms with Gasteiger partial charge in [-0.15, -0.1) is 0 Å². The molecule has 0 bridgehead atoms. The predicted molar refractivity (Wildman–Crippen MR) is 77.4 cm³/mol. The number of carbonyl (C=O) groups is 1. The Labute approximate surface area is 117 Å². The standard InChI is InChI=1S/C15H17N3O2/c16-15(20)13-10-17-7-6-14(13)18-9-12(19)8-11-4-2-1-3-5-11/h1-7,10,12,19H,8-9H2,(H2,16,20)(H,17,18). The molecule has 5 heteroatoms. The summed E-state index contributed by atoms with van der Waals surface area (Å²) in [4.78, 5) is 15.1. The summed E-state index contributed by atoms with van der Waals surface area (Å²) in [7, 11) is 0. The van der Waals surface area contributed by atoms with Gasteiger partial charge in [-0.05, 0) is 11.6 Å². The van der Waals surface area contributed by atoms with E-state index in [0.717, 1.165) is 5.56 Å². The SMILES string of the molecule is NC(=O)c1cnccc1NCC(O)Cc1ccccc1. The molecule has 0 aliphatic heterocycles. The second-order valence-corrected chi connectivity index (χ2v) is 4.51. The summed E-state index contributed by atoms with van der Waals surface area (Å²) in [5.74, 6) is -0.543. The fraction of sp³-hybridized carbons (Fsp3) is 0.200. The molecule has 5 nitrogen and oxygen atoms in total. The molecule has 0 saturated heterocycles. The van der Waals surface area contributed by atoms with E-state index in [2.05, 4.69) is 10.3 Å². The second kappa shape index (κ2) is 6.68. The molecule has 0 radical (unpaired) electrons. The van der Waals surface area contributed by atoms with Gasteiger partial charge in [-0.1, -0.05) is 30.3 Å². The molecule has 0 aliphatic rings. The van der Waals surface area contributed by atoms with Crippen molar-refractivity contribution in [2.24, 2.45) is 5.73 Å². The third kappa shape index (κ3) is 3.80. The lowest BCUT2D eigenvalue weighted by molar-refractivity contribution is 0.100. The quantitative estimate of drug-likeness (QED) is 0.736. The van der Waals surface area contributed by atoms with Crippen LogP contribution in [0, 0.1) is 0 Å². The normalized spacial score (nSPS) is 11.8. The van der Waals surface area contributed by atoms with E-state index in [1.165, 1.54) is 6.20 Å². The Kier molecular flexibility index (Phi) is 4.68. The first kappa shape index (κ1) is 14.0. The van der Waals surface area contributed by atoms with Crippen LogP contribution in [0.15, 0.2) is 48.8 Å². The molecule has 4 N–H and O–H groups in total. The molecule has 1 heterocycles. The summed E-state index contributed by atoms with van der Waals surface area (Å²) >= 11 is 0. The Bertz CT molecular complexity index is 572. The van der Waals surface area contributed by atoms with Crippen molar-refractivity contribution in [1.82, 2.24) is 4.98 Å². The van der Waals surface area contributed by atoms with Gasteiger partial charge >= 0.3 is 0 Å². The fourth-order valence-electron chi connectivity index (χ4n) is 1.93. The van der Waals surface area contributed by atoms with Gasteiger partial charge in [0.25, 0.3) is 5.91 Å². The monoisotopic (exact) mass is 271 g/mol. The molecule has 1 atom stereocenters. The van der Waals surface area contributed by atoms with Gasteiger partial charge in [0.1, 0.15) is 0 Å². The van der Waals surface area contributed by atoms with Crippen molar-refractivity contribution in [2.45, 2.75) is 12.5 Å². The van der Waals surface area contributed by atoms with Crippen molar-refractivity contribution in [1.29, 1.82) is 0 Å². The number of aliphatic hydroxyl groups excluding tert-OH is 1. The highest BCUT2D eigenvalue weighted by Crippen LogP contribution is 2.13. The van der Waals surface area contributed by atoms with Crippen LogP contribution in [-0.2, 0) is 6.42 Å². The topological polar surface area (TPSA) is 88.2 Å². The maximum atomic E-state index is 11.2. The van der Waals surface area contributed by atoms with Crippen LogP contribution in [0.1, 0.15) is 15.9 Å². The first-order valence-corrected chi connectivity index (χ1v) is 6.36. The Morgan fingerprint density at radius 2 is 2.05 bits per heavy atom. The van der Waals surface area contributed by atoms with E-state index < -0.39 is 12.0 Å². The molecule has 0 aliphatic carbocycles. The molecule has 0 saturated carbocycles. The minimum Gasteiger partial charge on any atom is -0.391 e. The van der Waals surface area contributed by atoms with Crippen molar-refractivity contribution in [3.8, 4) is 0 Å². The van der Waals surface area contributed by atoms with Crippen LogP contribution < -0.4 is 11.1 Å². The molecule has 1 aromatic heterocycles. The predicted octanol–water partition coefficient (Wildman–Crippen LogP) is 1.20. The third-order valence-electron chi connectivity index (χ3n) is 2.93.